The average Bonchev–Trinajstić information content (AvgIpc) is 2.91. The van der Waals surface area contributed by atoms with Crippen LogP contribution in [0.15, 0.2) is 23.0 Å². The maximum absolute atomic E-state index is 7.02. The summed E-state index contributed by atoms with van der Waals surface area (Å²) in [7, 11) is -3.46. The molecule has 8 nitrogen and oxygen atoms in total. The second-order valence-electron chi connectivity index (χ2n) is 10.9. The van der Waals surface area contributed by atoms with Crippen molar-refractivity contribution in [2.75, 3.05) is 28.2 Å². The third-order valence-electron chi connectivity index (χ3n) is 6.04. The van der Waals surface area contributed by atoms with Crippen LogP contribution >= 0.6 is 15.0 Å². The van der Waals surface area contributed by atoms with E-state index in [1.807, 2.05) is 27.7 Å². The third kappa shape index (κ3) is 2.37. The number of rotatable bonds is 4. The topological polar surface area (TPSA) is 49.9 Å². The van der Waals surface area contributed by atoms with Gasteiger partial charge in [-0.15, -0.1) is 0 Å². The Balaban J connectivity index is 2.51. The molecule has 3 aliphatic heterocycles. The molecule has 176 valence electrons. The average molecular weight is 497 g/mol. The van der Waals surface area contributed by atoms with Gasteiger partial charge in [0.15, 0.2) is 0 Å². The van der Waals surface area contributed by atoms with Gasteiger partial charge >= 0.3 is 185 Å². The Morgan fingerprint density at radius 2 is 0.733 bits per heavy atom. The summed E-state index contributed by atoms with van der Waals surface area (Å²) >= 11 is 0. The van der Waals surface area contributed by atoms with E-state index in [0.717, 1.165) is 23.0 Å². The van der Waals surface area contributed by atoms with Crippen LogP contribution in [-0.2, 0) is 18.1 Å². The molecule has 2 spiro atoms. The fraction of sp³-hybridized carbons (Fsp3) is 0.778. The second kappa shape index (κ2) is 6.23. The van der Waals surface area contributed by atoms with Crippen LogP contribution in [0.3, 0.4) is 0 Å². The van der Waals surface area contributed by atoms with Crippen LogP contribution in [0.5, 0.6) is 0 Å². The SMILES string of the molecule is CC1=C(C)OP2(N(C)C)(O1)N([Si](C)(C)C)P1(N(C)C)(OC(C)=C(C)O1)N2[Si](C)(C)C. The molecule has 1 saturated heterocycles. The minimum absolute atomic E-state index is 0.837. The van der Waals surface area contributed by atoms with Crippen molar-refractivity contribution in [1.82, 2.24) is 17.6 Å². The summed E-state index contributed by atoms with van der Waals surface area (Å²) < 4.78 is 37.5. The summed E-state index contributed by atoms with van der Waals surface area (Å²) in [5.41, 5.74) is 0. The van der Waals surface area contributed by atoms with Crippen LogP contribution in [0.25, 0.3) is 0 Å². The Morgan fingerprint density at radius 1 is 0.533 bits per heavy atom. The molecular formula is C18H42N4O4P2Si2. The van der Waals surface area contributed by atoms with Crippen LogP contribution in [0.4, 0.5) is 0 Å². The van der Waals surface area contributed by atoms with E-state index < -0.39 is 31.5 Å². The molecule has 3 heterocycles. The molecule has 0 bridgehead atoms. The Labute approximate surface area is 185 Å². The summed E-state index contributed by atoms with van der Waals surface area (Å²) in [5.74, 6) is 3.35. The number of hydrogen-bond donors (Lipinski definition) is 0. The zero-order valence-electron chi connectivity index (χ0n) is 21.3. The molecular weight excluding hydrogens is 454 g/mol. The van der Waals surface area contributed by atoms with Crippen molar-refractivity contribution in [3.63, 3.8) is 0 Å². The molecule has 30 heavy (non-hydrogen) atoms. The van der Waals surface area contributed by atoms with Crippen LogP contribution in [0, 0.1) is 0 Å². The monoisotopic (exact) mass is 496 g/mol. The van der Waals surface area contributed by atoms with E-state index in [1.165, 1.54) is 0 Å². The minimum atomic E-state index is -3.72. The molecule has 0 unspecified atom stereocenters. The number of nitrogens with zero attached hydrogens (tertiary/aromatic N) is 4. The van der Waals surface area contributed by atoms with Gasteiger partial charge in [0.25, 0.3) is 0 Å². The Bertz CT molecular complexity index is 749. The molecule has 0 atom stereocenters. The van der Waals surface area contributed by atoms with Gasteiger partial charge in [-0.3, -0.25) is 0 Å². The van der Waals surface area contributed by atoms with Crippen molar-refractivity contribution in [3.05, 3.63) is 23.0 Å². The van der Waals surface area contributed by atoms with Gasteiger partial charge in [-0.2, -0.15) is 0 Å². The van der Waals surface area contributed by atoms with Gasteiger partial charge in [0, 0.05) is 0 Å². The van der Waals surface area contributed by atoms with Gasteiger partial charge in [-0.25, -0.2) is 0 Å². The van der Waals surface area contributed by atoms with Crippen molar-refractivity contribution in [2.24, 2.45) is 0 Å². The Morgan fingerprint density at radius 3 is 0.867 bits per heavy atom. The second-order valence-corrected chi connectivity index (χ2v) is 29.8. The van der Waals surface area contributed by atoms with Crippen LogP contribution < -0.4 is 0 Å². The van der Waals surface area contributed by atoms with Crippen LogP contribution in [0.2, 0.25) is 39.3 Å². The van der Waals surface area contributed by atoms with Crippen molar-refractivity contribution in [1.29, 1.82) is 0 Å². The molecule has 0 aromatic carbocycles. The van der Waals surface area contributed by atoms with Gasteiger partial charge in [-0.1, -0.05) is 0 Å². The van der Waals surface area contributed by atoms with E-state index in [-0.39, 0.29) is 0 Å². The quantitative estimate of drug-likeness (QED) is 0.334. The first-order chi connectivity index (χ1) is 13.3. The fourth-order valence-electron chi connectivity index (χ4n) is 5.27. The van der Waals surface area contributed by atoms with Gasteiger partial charge in [0.05, 0.1) is 0 Å². The van der Waals surface area contributed by atoms with E-state index in [4.69, 9.17) is 18.1 Å². The maximum atomic E-state index is 7.02. The number of hydrogen-bond acceptors (Lipinski definition) is 8. The van der Waals surface area contributed by atoms with Crippen molar-refractivity contribution in [2.45, 2.75) is 67.0 Å². The molecule has 0 N–H and O–H groups in total. The molecule has 12 heteroatoms. The van der Waals surface area contributed by atoms with Crippen molar-refractivity contribution < 1.29 is 18.1 Å². The molecule has 1 fully saturated rings. The Kier molecular flexibility index (Phi) is 5.08. The molecule has 3 rings (SSSR count). The van der Waals surface area contributed by atoms with E-state index in [2.05, 4.69) is 85.0 Å². The summed E-state index contributed by atoms with van der Waals surface area (Å²) in [6, 6.07) is 0. The van der Waals surface area contributed by atoms with E-state index in [9.17, 15) is 0 Å². The molecule has 0 amide bonds. The molecule has 0 aliphatic carbocycles. The summed E-state index contributed by atoms with van der Waals surface area (Å²) in [5, 5.41) is 0. The molecule has 0 radical (unpaired) electrons. The van der Waals surface area contributed by atoms with Gasteiger partial charge in [0.1, 0.15) is 0 Å². The molecule has 3 aliphatic rings. The van der Waals surface area contributed by atoms with Crippen molar-refractivity contribution in [3.8, 4) is 0 Å². The molecule has 0 saturated carbocycles. The van der Waals surface area contributed by atoms with Crippen molar-refractivity contribution >= 4 is 31.5 Å². The summed E-state index contributed by atoms with van der Waals surface area (Å²) in [6.45, 7) is 22.0. The van der Waals surface area contributed by atoms with Gasteiger partial charge in [-0.05, 0) is 0 Å². The first-order valence-corrected chi connectivity index (χ1v) is 21.2. The normalized spacial score (nSPS) is 30.3. The predicted octanol–water partition coefficient (Wildman–Crippen LogP) is 6.25. The van der Waals surface area contributed by atoms with E-state index in [1.54, 1.807) is 0 Å². The first-order valence-electron chi connectivity index (χ1n) is 10.5. The number of allylic oxidation sites excluding steroid dienone is 4. The molecule has 0 aromatic heterocycles. The third-order valence-corrected chi connectivity index (χ3v) is 31.1. The Hall–Kier alpha value is -0.186. The molecule has 0 aromatic rings. The first kappa shape index (κ1) is 24.5. The fourth-order valence-corrected chi connectivity index (χ4v) is 40.2. The summed E-state index contributed by atoms with van der Waals surface area (Å²) in [4.78, 5) is 0. The van der Waals surface area contributed by atoms with Crippen LogP contribution in [0.1, 0.15) is 27.7 Å². The standard InChI is InChI=1S/C18H42N4O4P2Si2/c1-15-16(2)24-27(23-15,19(5)6)21(29(9,10)11)28(20(7)8,22(27)30(12,13)14)25-17(3)18(4)26-28/h1-14H3. The zero-order valence-corrected chi connectivity index (χ0v) is 25.1. The van der Waals surface area contributed by atoms with Gasteiger partial charge in [0.2, 0.25) is 0 Å². The summed E-state index contributed by atoms with van der Waals surface area (Å²) in [6.07, 6.45) is 0. The van der Waals surface area contributed by atoms with Crippen LogP contribution in [-0.4, -0.2) is 62.2 Å². The van der Waals surface area contributed by atoms with E-state index in [0.29, 0.717) is 0 Å². The van der Waals surface area contributed by atoms with E-state index >= 15 is 0 Å². The van der Waals surface area contributed by atoms with Gasteiger partial charge < -0.3 is 0 Å². The predicted molar refractivity (Wildman–Crippen MR) is 133 cm³/mol. The zero-order chi connectivity index (χ0) is 23.3.